The second kappa shape index (κ2) is 11.3. The number of benzene rings is 3. The van der Waals surface area contributed by atoms with Gasteiger partial charge in [0.2, 0.25) is 0 Å². The molecule has 0 aliphatic heterocycles. The maximum atomic E-state index is 15.1. The van der Waals surface area contributed by atoms with Crippen molar-refractivity contribution in [3.63, 3.8) is 0 Å². The van der Waals surface area contributed by atoms with Gasteiger partial charge in [0.15, 0.2) is 11.6 Å². The molecular weight excluding hydrogens is 514 g/mol. The normalized spacial score (nSPS) is 24.0. The van der Waals surface area contributed by atoms with Crippen LogP contribution in [0.2, 0.25) is 0 Å². The lowest BCUT2D eigenvalue weighted by Crippen LogP contribution is -2.37. The predicted octanol–water partition coefficient (Wildman–Crippen LogP) is 10.1. The van der Waals surface area contributed by atoms with Crippen molar-refractivity contribution in [2.75, 3.05) is 0 Å². The van der Waals surface area contributed by atoms with Crippen molar-refractivity contribution in [3.8, 4) is 16.9 Å². The third-order valence-corrected chi connectivity index (χ3v) is 8.58. The van der Waals surface area contributed by atoms with Crippen molar-refractivity contribution in [1.82, 2.24) is 0 Å². The second-order valence-electron chi connectivity index (χ2n) is 11.2. The highest BCUT2D eigenvalue weighted by Crippen LogP contribution is 2.45. The molecule has 39 heavy (non-hydrogen) atoms. The van der Waals surface area contributed by atoms with E-state index in [1.807, 2.05) is 12.1 Å². The number of halogens is 6. The van der Waals surface area contributed by atoms with Crippen LogP contribution < -0.4 is 4.74 Å². The van der Waals surface area contributed by atoms with Crippen LogP contribution >= 0.6 is 0 Å². The summed E-state index contributed by atoms with van der Waals surface area (Å²) in [5.74, 6) is -3.83. The monoisotopic (exact) mass is 546 g/mol. The number of ether oxygens (including phenoxy) is 1. The Morgan fingerprint density at radius 2 is 1.33 bits per heavy atom. The molecule has 0 spiro atoms. The van der Waals surface area contributed by atoms with Crippen molar-refractivity contribution >= 4 is 0 Å². The molecule has 0 heterocycles. The van der Waals surface area contributed by atoms with Crippen molar-refractivity contribution in [1.29, 1.82) is 0 Å². The third kappa shape index (κ3) is 6.12. The van der Waals surface area contributed by atoms with E-state index < -0.39 is 29.5 Å². The van der Waals surface area contributed by atoms with Gasteiger partial charge in [0.05, 0.1) is 5.92 Å². The van der Waals surface area contributed by atoms with Crippen LogP contribution in [-0.2, 0) is 0 Å². The van der Waals surface area contributed by atoms with E-state index in [4.69, 9.17) is 4.74 Å². The van der Waals surface area contributed by atoms with Crippen LogP contribution in [0.5, 0.6) is 5.75 Å². The van der Waals surface area contributed by atoms with Crippen molar-refractivity contribution in [2.24, 2.45) is 11.8 Å². The number of alkyl halides is 2. The largest absolute Gasteiger partial charge is 0.432 e. The molecule has 2 aliphatic carbocycles. The average molecular weight is 547 g/mol. The highest BCUT2D eigenvalue weighted by Gasteiger charge is 2.44. The molecule has 0 aromatic heterocycles. The molecule has 0 atom stereocenters. The van der Waals surface area contributed by atoms with Gasteiger partial charge in [-0.05, 0) is 103 Å². The van der Waals surface area contributed by atoms with E-state index in [-0.39, 0.29) is 41.5 Å². The summed E-state index contributed by atoms with van der Waals surface area (Å²) >= 11 is 0. The van der Waals surface area contributed by atoms with E-state index in [2.05, 4.69) is 6.92 Å². The zero-order valence-corrected chi connectivity index (χ0v) is 21.8. The molecule has 3 aromatic carbocycles. The van der Waals surface area contributed by atoms with Crippen molar-refractivity contribution in [3.05, 3.63) is 89.0 Å². The average Bonchev–Trinajstić information content (AvgIpc) is 2.91. The van der Waals surface area contributed by atoms with E-state index in [1.165, 1.54) is 18.2 Å². The molecule has 208 valence electrons. The van der Waals surface area contributed by atoms with E-state index in [9.17, 15) is 13.2 Å². The summed E-state index contributed by atoms with van der Waals surface area (Å²) in [6.07, 6.45) is 2.01. The van der Waals surface area contributed by atoms with Gasteiger partial charge in [0.25, 0.3) is 0 Å². The summed E-state index contributed by atoms with van der Waals surface area (Å²) in [6.45, 7) is 2.25. The molecule has 0 bridgehead atoms. The SMILES string of the molecule is CC1CCC(c2ccc(C3CCC(C(F)(F)Oc4ccc(-c5ccc(F)c(F)c5)c(F)c4)CC3)c(F)c2)CC1. The standard InChI is InChI=1S/C32H32F6O/c1-19-2-4-20(5-3-19)22-8-13-26(29(34)16-22)21-6-10-24(11-7-21)32(37,38)39-25-12-14-27(30(35)18-25)23-9-15-28(33)31(36)17-23/h8-9,12-21,24H,2-7,10-11H2,1H3. The van der Waals surface area contributed by atoms with Crippen molar-refractivity contribution < 1.29 is 31.1 Å². The first-order valence-electron chi connectivity index (χ1n) is 13.7. The van der Waals surface area contributed by atoms with E-state index in [0.717, 1.165) is 49.4 Å². The first-order chi connectivity index (χ1) is 18.6. The molecule has 0 radical (unpaired) electrons. The molecule has 0 N–H and O–H groups in total. The second-order valence-corrected chi connectivity index (χ2v) is 11.2. The lowest BCUT2D eigenvalue weighted by Gasteiger charge is -2.34. The van der Waals surface area contributed by atoms with Crippen LogP contribution in [-0.4, -0.2) is 6.11 Å². The smallest absolute Gasteiger partial charge is 0.400 e. The highest BCUT2D eigenvalue weighted by molar-refractivity contribution is 5.65. The molecule has 0 saturated heterocycles. The highest BCUT2D eigenvalue weighted by atomic mass is 19.3. The fraction of sp³-hybridized carbons (Fsp3) is 0.438. The number of hydrogen-bond acceptors (Lipinski definition) is 1. The Morgan fingerprint density at radius 1 is 0.641 bits per heavy atom. The van der Waals surface area contributed by atoms with Gasteiger partial charge < -0.3 is 4.74 Å². The first kappa shape index (κ1) is 27.6. The minimum Gasteiger partial charge on any atom is -0.432 e. The van der Waals surface area contributed by atoms with Crippen LogP contribution in [0.1, 0.15) is 81.3 Å². The zero-order valence-electron chi connectivity index (χ0n) is 21.8. The minimum absolute atomic E-state index is 0.0591. The molecule has 5 rings (SSSR count). The summed E-state index contributed by atoms with van der Waals surface area (Å²) < 4.78 is 91.4. The number of hydrogen-bond donors (Lipinski definition) is 0. The summed E-state index contributed by atoms with van der Waals surface area (Å²) in [4.78, 5) is 0. The Labute approximate surface area is 225 Å². The van der Waals surface area contributed by atoms with E-state index in [0.29, 0.717) is 30.2 Å². The van der Waals surface area contributed by atoms with Crippen LogP contribution in [0.25, 0.3) is 11.1 Å². The maximum Gasteiger partial charge on any atom is 0.400 e. The molecule has 7 heteroatoms. The van der Waals surface area contributed by atoms with Gasteiger partial charge in [-0.25, -0.2) is 17.6 Å². The van der Waals surface area contributed by atoms with Gasteiger partial charge in [0, 0.05) is 11.6 Å². The molecule has 2 saturated carbocycles. The lowest BCUT2D eigenvalue weighted by molar-refractivity contribution is -0.222. The fourth-order valence-corrected chi connectivity index (χ4v) is 6.16. The Kier molecular flexibility index (Phi) is 7.97. The van der Waals surface area contributed by atoms with Gasteiger partial charge in [-0.1, -0.05) is 38.0 Å². The molecular formula is C32H32F6O. The predicted molar refractivity (Wildman–Crippen MR) is 139 cm³/mol. The topological polar surface area (TPSA) is 9.23 Å². The molecule has 1 nitrogen and oxygen atoms in total. The Bertz CT molecular complexity index is 1310. The van der Waals surface area contributed by atoms with Gasteiger partial charge >= 0.3 is 6.11 Å². The minimum atomic E-state index is -3.54. The first-order valence-corrected chi connectivity index (χ1v) is 13.7. The lowest BCUT2D eigenvalue weighted by atomic mass is 9.76. The van der Waals surface area contributed by atoms with Crippen molar-refractivity contribution in [2.45, 2.75) is 76.2 Å². The third-order valence-electron chi connectivity index (χ3n) is 8.58. The Balaban J connectivity index is 1.20. The van der Waals surface area contributed by atoms with E-state index >= 15 is 13.2 Å². The maximum absolute atomic E-state index is 15.1. The summed E-state index contributed by atoms with van der Waals surface area (Å²) in [5, 5.41) is 0. The Hall–Kier alpha value is -2.96. The van der Waals surface area contributed by atoms with Gasteiger partial charge in [0.1, 0.15) is 17.4 Å². The van der Waals surface area contributed by atoms with Crippen LogP contribution in [0, 0.1) is 35.1 Å². The molecule has 2 aliphatic rings. The molecule has 2 fully saturated rings. The molecule has 0 unspecified atom stereocenters. The molecule has 3 aromatic rings. The zero-order chi connectivity index (χ0) is 27.7. The van der Waals surface area contributed by atoms with E-state index in [1.54, 1.807) is 6.07 Å². The van der Waals surface area contributed by atoms with Crippen LogP contribution in [0.3, 0.4) is 0 Å². The van der Waals surface area contributed by atoms with Gasteiger partial charge in [-0.2, -0.15) is 8.78 Å². The fourth-order valence-electron chi connectivity index (χ4n) is 6.16. The quantitative estimate of drug-likeness (QED) is 0.280. The van der Waals surface area contributed by atoms with Gasteiger partial charge in [-0.15, -0.1) is 0 Å². The summed E-state index contributed by atoms with van der Waals surface area (Å²) in [5.41, 5.74) is 1.63. The molecule has 0 amide bonds. The van der Waals surface area contributed by atoms with Gasteiger partial charge in [-0.3, -0.25) is 0 Å². The van der Waals surface area contributed by atoms with Crippen LogP contribution in [0.4, 0.5) is 26.3 Å². The Morgan fingerprint density at radius 3 is 1.97 bits per heavy atom. The summed E-state index contributed by atoms with van der Waals surface area (Å²) in [6, 6.07) is 11.6. The number of rotatable bonds is 6. The summed E-state index contributed by atoms with van der Waals surface area (Å²) in [7, 11) is 0. The van der Waals surface area contributed by atoms with Crippen LogP contribution in [0.15, 0.2) is 54.6 Å².